The van der Waals surface area contributed by atoms with E-state index in [1.54, 1.807) is 0 Å². The van der Waals surface area contributed by atoms with Gasteiger partial charge < -0.3 is 15.7 Å². The fourth-order valence-corrected chi connectivity index (χ4v) is 2.98. The van der Waals surface area contributed by atoms with E-state index in [1.807, 2.05) is 5.32 Å². The van der Waals surface area contributed by atoms with Crippen molar-refractivity contribution in [2.24, 2.45) is 0 Å². The number of hydrogen-bond donors (Lipinski definition) is 3. The Hall–Kier alpha value is -2.18. The van der Waals surface area contributed by atoms with Gasteiger partial charge in [0.15, 0.2) is 5.82 Å². The quantitative estimate of drug-likeness (QED) is 0.621. The van der Waals surface area contributed by atoms with Crippen molar-refractivity contribution in [2.75, 3.05) is 10.6 Å². The number of rotatable bonds is 5. The SMILES string of the molecule is C[C@@H](Nc1nc(NC2CC(F)(F)C2)nc(C2=C(F)[C@@H](O)C(F)CC2)n1)C(F)(F)F. The van der Waals surface area contributed by atoms with Crippen molar-refractivity contribution in [3.05, 3.63) is 11.7 Å². The number of aromatic nitrogens is 3. The molecule has 3 N–H and O–H groups in total. The summed E-state index contributed by atoms with van der Waals surface area (Å²) in [6.45, 7) is 0.807. The Bertz CT molecular complexity index is 792. The summed E-state index contributed by atoms with van der Waals surface area (Å²) in [5.74, 6) is -5.40. The monoisotopic (exact) mass is 429 g/mol. The molecule has 1 fully saturated rings. The van der Waals surface area contributed by atoms with Crippen LogP contribution in [0.15, 0.2) is 5.83 Å². The Morgan fingerprint density at radius 3 is 2.34 bits per heavy atom. The highest BCUT2D eigenvalue weighted by Gasteiger charge is 2.46. The normalized spacial score (nSPS) is 26.1. The maximum absolute atomic E-state index is 14.3. The van der Waals surface area contributed by atoms with Crippen LogP contribution in [0.25, 0.3) is 5.57 Å². The molecule has 0 aromatic carbocycles. The van der Waals surface area contributed by atoms with E-state index < -0.39 is 66.9 Å². The number of anilines is 2. The van der Waals surface area contributed by atoms with Gasteiger partial charge in [-0.05, 0) is 19.8 Å². The van der Waals surface area contributed by atoms with Crippen LogP contribution in [-0.2, 0) is 0 Å². The summed E-state index contributed by atoms with van der Waals surface area (Å²) >= 11 is 0. The van der Waals surface area contributed by atoms with Crippen LogP contribution in [0.3, 0.4) is 0 Å². The van der Waals surface area contributed by atoms with Crippen LogP contribution in [0, 0.1) is 0 Å². The molecule has 6 nitrogen and oxygen atoms in total. The lowest BCUT2D eigenvalue weighted by molar-refractivity contribution is -0.138. The Morgan fingerprint density at radius 2 is 1.76 bits per heavy atom. The largest absolute Gasteiger partial charge is 0.408 e. The molecule has 0 aliphatic heterocycles. The molecule has 1 heterocycles. The van der Waals surface area contributed by atoms with E-state index in [0.29, 0.717) is 0 Å². The first-order valence-electron chi connectivity index (χ1n) is 8.80. The highest BCUT2D eigenvalue weighted by atomic mass is 19.4. The van der Waals surface area contributed by atoms with Crippen LogP contribution >= 0.6 is 0 Å². The van der Waals surface area contributed by atoms with Gasteiger partial charge in [0.1, 0.15) is 24.1 Å². The summed E-state index contributed by atoms with van der Waals surface area (Å²) in [6, 6.07) is -2.79. The van der Waals surface area contributed by atoms with Gasteiger partial charge in [0, 0.05) is 24.5 Å². The van der Waals surface area contributed by atoms with Gasteiger partial charge in [-0.3, -0.25) is 0 Å². The predicted molar refractivity (Wildman–Crippen MR) is 88.7 cm³/mol. The smallest absolute Gasteiger partial charge is 0.383 e. The minimum Gasteiger partial charge on any atom is -0.383 e. The summed E-state index contributed by atoms with van der Waals surface area (Å²) in [6.07, 6.45) is -9.99. The van der Waals surface area contributed by atoms with Gasteiger partial charge in [0.05, 0.1) is 0 Å². The first-order valence-corrected chi connectivity index (χ1v) is 8.80. The van der Waals surface area contributed by atoms with Crippen molar-refractivity contribution in [2.45, 2.75) is 69.1 Å². The van der Waals surface area contributed by atoms with Crippen LogP contribution in [0.1, 0.15) is 38.4 Å². The zero-order valence-corrected chi connectivity index (χ0v) is 15.1. The Kier molecular flexibility index (Phi) is 5.62. The molecular weight excluding hydrogens is 411 g/mol. The van der Waals surface area contributed by atoms with Gasteiger partial charge in [-0.2, -0.15) is 28.1 Å². The highest BCUT2D eigenvalue weighted by molar-refractivity contribution is 5.65. The summed E-state index contributed by atoms with van der Waals surface area (Å²) in [7, 11) is 0. The van der Waals surface area contributed by atoms with Gasteiger partial charge in [-0.1, -0.05) is 0 Å². The lowest BCUT2D eigenvalue weighted by Gasteiger charge is -2.35. The fourth-order valence-electron chi connectivity index (χ4n) is 2.98. The molecule has 13 heteroatoms. The number of allylic oxidation sites excluding steroid dienone is 1. The molecule has 0 bridgehead atoms. The van der Waals surface area contributed by atoms with Crippen LogP contribution in [0.4, 0.5) is 42.6 Å². The van der Waals surface area contributed by atoms with E-state index in [9.17, 15) is 35.8 Å². The molecule has 3 atom stereocenters. The van der Waals surface area contributed by atoms with E-state index in [2.05, 4.69) is 20.3 Å². The number of aliphatic hydroxyl groups excluding tert-OH is 1. The fraction of sp³-hybridized carbons (Fsp3) is 0.688. The van der Waals surface area contributed by atoms with Gasteiger partial charge in [-0.25, -0.2) is 17.6 Å². The zero-order chi connectivity index (χ0) is 21.6. The second kappa shape index (κ2) is 7.58. The maximum Gasteiger partial charge on any atom is 0.408 e. The zero-order valence-electron chi connectivity index (χ0n) is 15.1. The first kappa shape index (κ1) is 21.5. The first-order chi connectivity index (χ1) is 13.4. The Balaban J connectivity index is 1.92. The lowest BCUT2D eigenvalue weighted by Crippen LogP contribution is -2.44. The molecule has 0 saturated heterocycles. The summed E-state index contributed by atoms with van der Waals surface area (Å²) < 4.78 is 92.3. The van der Waals surface area contributed by atoms with Crippen LogP contribution in [-0.4, -0.2) is 56.5 Å². The van der Waals surface area contributed by atoms with E-state index >= 15 is 0 Å². The molecule has 2 aliphatic rings. The number of alkyl halides is 6. The summed E-state index contributed by atoms with van der Waals surface area (Å²) in [4.78, 5) is 11.4. The Labute approximate surface area is 160 Å². The lowest BCUT2D eigenvalue weighted by atomic mass is 9.88. The van der Waals surface area contributed by atoms with Crippen molar-refractivity contribution < 1.29 is 35.8 Å². The molecular formula is C16H18F7N5O. The third-order valence-corrected chi connectivity index (χ3v) is 4.73. The molecule has 1 unspecified atom stereocenters. The molecule has 1 aromatic heterocycles. The number of hydrogen-bond acceptors (Lipinski definition) is 6. The average molecular weight is 429 g/mol. The number of nitrogens with one attached hydrogen (secondary N) is 2. The van der Waals surface area contributed by atoms with Crippen molar-refractivity contribution in [1.82, 2.24) is 15.0 Å². The maximum atomic E-state index is 14.3. The van der Waals surface area contributed by atoms with Gasteiger partial charge in [-0.15, -0.1) is 0 Å². The van der Waals surface area contributed by atoms with E-state index in [-0.39, 0.29) is 24.4 Å². The summed E-state index contributed by atoms with van der Waals surface area (Å²) in [5, 5.41) is 14.1. The molecule has 3 rings (SSSR count). The molecule has 0 amide bonds. The molecule has 29 heavy (non-hydrogen) atoms. The molecule has 0 radical (unpaired) electrons. The number of halogens is 7. The van der Waals surface area contributed by atoms with Gasteiger partial charge in [0.2, 0.25) is 11.9 Å². The highest BCUT2D eigenvalue weighted by Crippen LogP contribution is 2.39. The molecule has 162 valence electrons. The van der Waals surface area contributed by atoms with Crippen molar-refractivity contribution >= 4 is 17.5 Å². The topological polar surface area (TPSA) is 83.0 Å². The van der Waals surface area contributed by atoms with Crippen molar-refractivity contribution in [3.63, 3.8) is 0 Å². The minimum atomic E-state index is -4.64. The van der Waals surface area contributed by atoms with Crippen LogP contribution in [0.2, 0.25) is 0 Å². The predicted octanol–water partition coefficient (Wildman–Crippen LogP) is 3.62. The van der Waals surface area contributed by atoms with Gasteiger partial charge >= 0.3 is 6.18 Å². The van der Waals surface area contributed by atoms with Crippen molar-refractivity contribution in [3.8, 4) is 0 Å². The molecule has 0 spiro atoms. The average Bonchev–Trinajstić information content (AvgIpc) is 2.57. The van der Waals surface area contributed by atoms with E-state index in [1.165, 1.54) is 0 Å². The van der Waals surface area contributed by atoms with Gasteiger partial charge in [0.25, 0.3) is 5.92 Å². The van der Waals surface area contributed by atoms with Crippen LogP contribution < -0.4 is 10.6 Å². The third-order valence-electron chi connectivity index (χ3n) is 4.73. The second-order valence-electron chi connectivity index (χ2n) is 7.15. The van der Waals surface area contributed by atoms with E-state index in [0.717, 1.165) is 6.92 Å². The number of aliphatic hydroxyl groups is 1. The Morgan fingerprint density at radius 1 is 1.14 bits per heavy atom. The molecule has 2 aliphatic carbocycles. The molecule has 1 aromatic rings. The summed E-state index contributed by atoms with van der Waals surface area (Å²) in [5.41, 5.74) is -0.279. The standard InChI is InChI=1S/C16H18F7N5O/c1-6(16(21,22)23)24-13-26-12(8-2-3-9(17)11(29)10(8)18)27-14(28-13)25-7-4-15(19,20)5-7/h6-7,9,11,29H,2-5H2,1H3,(H2,24,25,26,27,28)/t6-,9?,11+/m1/s1. The molecule has 1 saturated carbocycles. The second-order valence-corrected chi connectivity index (χ2v) is 7.15. The van der Waals surface area contributed by atoms with E-state index in [4.69, 9.17) is 0 Å². The number of nitrogens with zero attached hydrogens (tertiary/aromatic N) is 3. The minimum absolute atomic E-state index is 0.205. The van der Waals surface area contributed by atoms with Crippen LogP contribution in [0.5, 0.6) is 0 Å². The third kappa shape index (κ3) is 4.87. The van der Waals surface area contributed by atoms with Crippen molar-refractivity contribution in [1.29, 1.82) is 0 Å².